The van der Waals surface area contributed by atoms with Gasteiger partial charge in [0.25, 0.3) is 0 Å². The molecule has 2 rings (SSSR count). The van der Waals surface area contributed by atoms with Gasteiger partial charge in [-0.05, 0) is 42.3 Å². The van der Waals surface area contributed by atoms with Crippen molar-refractivity contribution in [2.45, 2.75) is 28.8 Å². The van der Waals surface area contributed by atoms with Crippen LogP contribution in [0.2, 0.25) is 0 Å². The molecule has 1 saturated carbocycles. The summed E-state index contributed by atoms with van der Waals surface area (Å²) in [5, 5.41) is 9.73. The molecule has 1 N–H and O–H groups in total. The van der Waals surface area contributed by atoms with Crippen LogP contribution in [0, 0.1) is 0 Å². The predicted molar refractivity (Wildman–Crippen MR) is 51.5 cm³/mol. The van der Waals surface area contributed by atoms with Gasteiger partial charge in [-0.2, -0.15) is 13.2 Å². The van der Waals surface area contributed by atoms with Crippen LogP contribution in [-0.4, -0.2) is 10.6 Å². The van der Waals surface area contributed by atoms with Crippen molar-refractivity contribution in [2.75, 3.05) is 0 Å². The summed E-state index contributed by atoms with van der Waals surface area (Å²) in [7, 11) is 0. The van der Waals surface area contributed by atoms with Crippen LogP contribution in [0.3, 0.4) is 0 Å². The SMILES string of the molecule is OC1(c2cccc(SC(F)(F)F)c2)CC1. The lowest BCUT2D eigenvalue weighted by molar-refractivity contribution is -0.0328. The highest BCUT2D eigenvalue weighted by Gasteiger charge is 2.42. The molecule has 0 heterocycles. The van der Waals surface area contributed by atoms with E-state index in [-0.39, 0.29) is 16.7 Å². The zero-order valence-corrected chi connectivity index (χ0v) is 8.53. The fraction of sp³-hybridized carbons (Fsp3) is 0.400. The van der Waals surface area contributed by atoms with Gasteiger partial charge in [0.15, 0.2) is 0 Å². The van der Waals surface area contributed by atoms with E-state index in [1.807, 2.05) is 0 Å². The molecule has 1 nitrogen and oxygen atoms in total. The van der Waals surface area contributed by atoms with E-state index in [4.69, 9.17) is 0 Å². The Balaban J connectivity index is 2.20. The van der Waals surface area contributed by atoms with Crippen LogP contribution in [0.15, 0.2) is 29.2 Å². The number of hydrogen-bond donors (Lipinski definition) is 1. The molecule has 82 valence electrons. The average Bonchev–Trinajstić information content (AvgIpc) is 2.82. The zero-order valence-electron chi connectivity index (χ0n) is 7.71. The highest BCUT2D eigenvalue weighted by molar-refractivity contribution is 8.00. The van der Waals surface area contributed by atoms with Crippen molar-refractivity contribution in [3.05, 3.63) is 29.8 Å². The summed E-state index contributed by atoms with van der Waals surface area (Å²) in [6.07, 6.45) is 1.26. The van der Waals surface area contributed by atoms with Crippen molar-refractivity contribution in [3.63, 3.8) is 0 Å². The number of rotatable bonds is 2. The zero-order chi connectivity index (χ0) is 11.1. The van der Waals surface area contributed by atoms with E-state index >= 15 is 0 Å². The molecule has 1 aliphatic rings. The molecule has 0 bridgehead atoms. The Bertz CT molecular complexity index is 371. The monoisotopic (exact) mass is 234 g/mol. The second-order valence-electron chi connectivity index (χ2n) is 3.61. The molecule has 0 aliphatic heterocycles. The molecule has 1 aliphatic carbocycles. The summed E-state index contributed by atoms with van der Waals surface area (Å²) in [4.78, 5) is 0.125. The maximum atomic E-state index is 12.1. The largest absolute Gasteiger partial charge is 0.446 e. The Morgan fingerprint density at radius 3 is 2.47 bits per heavy atom. The van der Waals surface area contributed by atoms with Gasteiger partial charge in [-0.25, -0.2) is 0 Å². The smallest absolute Gasteiger partial charge is 0.385 e. The van der Waals surface area contributed by atoms with E-state index in [0.29, 0.717) is 18.4 Å². The first-order valence-corrected chi connectivity index (χ1v) is 5.29. The lowest BCUT2D eigenvalue weighted by Gasteiger charge is -2.10. The van der Waals surface area contributed by atoms with Gasteiger partial charge in [-0.1, -0.05) is 12.1 Å². The van der Waals surface area contributed by atoms with Crippen molar-refractivity contribution >= 4 is 11.8 Å². The van der Waals surface area contributed by atoms with E-state index in [1.54, 1.807) is 12.1 Å². The van der Waals surface area contributed by atoms with Crippen LogP contribution in [0.25, 0.3) is 0 Å². The molecule has 1 aromatic carbocycles. The normalized spacial score (nSPS) is 18.9. The second-order valence-corrected chi connectivity index (χ2v) is 4.75. The molecule has 5 heteroatoms. The molecule has 0 spiro atoms. The molecule has 0 amide bonds. The van der Waals surface area contributed by atoms with Gasteiger partial charge in [0.2, 0.25) is 0 Å². The Kier molecular flexibility index (Phi) is 2.47. The number of halogens is 3. The summed E-state index contributed by atoms with van der Waals surface area (Å²) >= 11 is -0.152. The van der Waals surface area contributed by atoms with Crippen LogP contribution in [-0.2, 0) is 5.60 Å². The summed E-state index contributed by atoms with van der Waals surface area (Å²) in [5.41, 5.74) is -4.57. The Morgan fingerprint density at radius 2 is 1.93 bits per heavy atom. The summed E-state index contributed by atoms with van der Waals surface area (Å²) in [5.74, 6) is 0. The van der Waals surface area contributed by atoms with E-state index in [9.17, 15) is 18.3 Å². The minimum atomic E-state index is -4.27. The first-order chi connectivity index (χ1) is 6.89. The van der Waals surface area contributed by atoms with Gasteiger partial charge in [0, 0.05) is 4.90 Å². The molecule has 0 radical (unpaired) electrons. The van der Waals surface area contributed by atoms with Gasteiger partial charge in [-0.15, -0.1) is 0 Å². The Morgan fingerprint density at radius 1 is 1.27 bits per heavy atom. The van der Waals surface area contributed by atoms with Gasteiger partial charge in [0.05, 0.1) is 5.60 Å². The standard InChI is InChI=1S/C10H9F3OS/c11-10(12,13)15-8-3-1-2-7(6-8)9(14)4-5-9/h1-3,6,14H,4-5H2. The number of alkyl halides is 3. The summed E-state index contributed by atoms with van der Waals surface area (Å²) in [6, 6.07) is 6.01. The van der Waals surface area contributed by atoms with Crippen molar-refractivity contribution < 1.29 is 18.3 Å². The number of benzene rings is 1. The first-order valence-electron chi connectivity index (χ1n) is 4.48. The average molecular weight is 234 g/mol. The number of hydrogen-bond acceptors (Lipinski definition) is 2. The minimum absolute atomic E-state index is 0.125. The van der Waals surface area contributed by atoms with Crippen LogP contribution in [0.1, 0.15) is 18.4 Å². The topological polar surface area (TPSA) is 20.2 Å². The van der Waals surface area contributed by atoms with Gasteiger partial charge in [-0.3, -0.25) is 0 Å². The van der Waals surface area contributed by atoms with Crippen LogP contribution >= 0.6 is 11.8 Å². The molecule has 1 aromatic rings. The molecule has 1 fully saturated rings. The minimum Gasteiger partial charge on any atom is -0.385 e. The summed E-state index contributed by atoms with van der Waals surface area (Å²) < 4.78 is 36.3. The van der Waals surface area contributed by atoms with E-state index in [0.717, 1.165) is 0 Å². The molecule has 0 saturated heterocycles. The highest BCUT2D eigenvalue weighted by atomic mass is 32.2. The van der Waals surface area contributed by atoms with E-state index in [1.165, 1.54) is 12.1 Å². The fourth-order valence-corrected chi connectivity index (χ4v) is 1.99. The third-order valence-electron chi connectivity index (χ3n) is 2.33. The molecular weight excluding hydrogens is 225 g/mol. The van der Waals surface area contributed by atoms with Gasteiger partial charge >= 0.3 is 5.51 Å². The summed E-state index contributed by atoms with van der Waals surface area (Å²) in [6.45, 7) is 0. The van der Waals surface area contributed by atoms with Crippen LogP contribution in [0.4, 0.5) is 13.2 Å². The van der Waals surface area contributed by atoms with Gasteiger partial charge in [0.1, 0.15) is 0 Å². The Labute approximate surface area is 89.3 Å². The Hall–Kier alpha value is -0.680. The molecule has 0 unspecified atom stereocenters. The predicted octanol–water partition coefficient (Wildman–Crippen LogP) is 3.28. The van der Waals surface area contributed by atoms with Gasteiger partial charge < -0.3 is 5.11 Å². The van der Waals surface area contributed by atoms with Crippen molar-refractivity contribution in [1.82, 2.24) is 0 Å². The maximum absolute atomic E-state index is 12.1. The third kappa shape index (κ3) is 2.66. The fourth-order valence-electron chi connectivity index (χ4n) is 1.39. The molecule has 0 aromatic heterocycles. The van der Waals surface area contributed by atoms with E-state index in [2.05, 4.69) is 0 Å². The second kappa shape index (κ2) is 3.42. The quantitative estimate of drug-likeness (QED) is 0.792. The first kappa shape index (κ1) is 10.8. The molecule has 0 atom stereocenters. The van der Waals surface area contributed by atoms with Crippen molar-refractivity contribution in [1.29, 1.82) is 0 Å². The number of thioether (sulfide) groups is 1. The highest BCUT2D eigenvalue weighted by Crippen LogP contribution is 2.46. The van der Waals surface area contributed by atoms with E-state index < -0.39 is 11.1 Å². The van der Waals surface area contributed by atoms with Crippen LogP contribution in [0.5, 0.6) is 0 Å². The maximum Gasteiger partial charge on any atom is 0.446 e. The third-order valence-corrected chi connectivity index (χ3v) is 3.05. The van der Waals surface area contributed by atoms with Crippen LogP contribution < -0.4 is 0 Å². The lowest BCUT2D eigenvalue weighted by atomic mass is 10.1. The van der Waals surface area contributed by atoms with Crippen molar-refractivity contribution in [3.8, 4) is 0 Å². The number of aliphatic hydroxyl groups is 1. The molecular formula is C10H9F3OS. The molecule has 15 heavy (non-hydrogen) atoms. The van der Waals surface area contributed by atoms with Crippen molar-refractivity contribution in [2.24, 2.45) is 0 Å². The lowest BCUT2D eigenvalue weighted by Crippen LogP contribution is -2.05.